The molecule has 0 radical (unpaired) electrons. The summed E-state index contributed by atoms with van der Waals surface area (Å²) in [4.78, 5) is 27.2. The summed E-state index contributed by atoms with van der Waals surface area (Å²) in [6, 6.07) is 5.84. The van der Waals surface area contributed by atoms with Gasteiger partial charge in [-0.2, -0.15) is 5.10 Å². The third-order valence-electron chi connectivity index (χ3n) is 4.55. The average molecular weight is 391 g/mol. The van der Waals surface area contributed by atoms with Gasteiger partial charge in [-0.1, -0.05) is 11.6 Å². The summed E-state index contributed by atoms with van der Waals surface area (Å²) in [5.41, 5.74) is 1.93. The fourth-order valence-corrected chi connectivity index (χ4v) is 3.29. The number of nitrogens with zero attached hydrogens (tertiary/aromatic N) is 4. The highest BCUT2D eigenvalue weighted by Gasteiger charge is 2.21. The number of amides is 2. The summed E-state index contributed by atoms with van der Waals surface area (Å²) in [6.45, 7) is 5.41. The maximum absolute atomic E-state index is 13.1. The summed E-state index contributed by atoms with van der Waals surface area (Å²) in [6.07, 6.45) is 3.11. The molecule has 142 valence electrons. The SMILES string of the molecule is CC(=O)N1CCN(C(=O)/C=C/c2c(C)nn(-c3ccc(F)cc3)c2Cl)CC1. The number of carbonyl (C=O) groups excluding carboxylic acids is 2. The van der Waals surface area contributed by atoms with Crippen molar-refractivity contribution >= 4 is 29.5 Å². The summed E-state index contributed by atoms with van der Waals surface area (Å²) >= 11 is 6.41. The number of halogens is 2. The maximum atomic E-state index is 13.1. The molecule has 0 aliphatic carbocycles. The Hall–Kier alpha value is -2.67. The normalized spacial score (nSPS) is 14.8. The monoisotopic (exact) mass is 390 g/mol. The molecule has 2 aromatic rings. The van der Waals surface area contributed by atoms with Crippen molar-refractivity contribution in [3.8, 4) is 5.69 Å². The summed E-state index contributed by atoms with van der Waals surface area (Å²) in [7, 11) is 0. The van der Waals surface area contributed by atoms with Gasteiger partial charge in [0.1, 0.15) is 11.0 Å². The van der Waals surface area contributed by atoms with Gasteiger partial charge in [0, 0.05) is 44.7 Å². The maximum Gasteiger partial charge on any atom is 0.246 e. The van der Waals surface area contributed by atoms with Crippen LogP contribution in [0.5, 0.6) is 0 Å². The van der Waals surface area contributed by atoms with Gasteiger partial charge in [-0.05, 0) is 37.3 Å². The van der Waals surface area contributed by atoms with E-state index in [0.29, 0.717) is 48.3 Å². The van der Waals surface area contributed by atoms with Crippen LogP contribution in [-0.2, 0) is 9.59 Å². The second kappa shape index (κ2) is 7.92. The molecule has 1 aromatic heterocycles. The minimum Gasteiger partial charge on any atom is -0.339 e. The van der Waals surface area contributed by atoms with Crippen LogP contribution in [0.3, 0.4) is 0 Å². The van der Waals surface area contributed by atoms with Gasteiger partial charge in [0.25, 0.3) is 0 Å². The van der Waals surface area contributed by atoms with Crippen LogP contribution in [0.1, 0.15) is 18.2 Å². The van der Waals surface area contributed by atoms with E-state index in [2.05, 4.69) is 5.10 Å². The smallest absolute Gasteiger partial charge is 0.246 e. The molecule has 8 heteroatoms. The van der Waals surface area contributed by atoms with Crippen molar-refractivity contribution in [2.24, 2.45) is 0 Å². The van der Waals surface area contributed by atoms with E-state index in [1.807, 2.05) is 0 Å². The highest BCUT2D eigenvalue weighted by molar-refractivity contribution is 6.31. The van der Waals surface area contributed by atoms with Crippen molar-refractivity contribution in [2.75, 3.05) is 26.2 Å². The number of aromatic nitrogens is 2. The number of benzene rings is 1. The second-order valence-electron chi connectivity index (χ2n) is 6.34. The fourth-order valence-electron chi connectivity index (χ4n) is 2.96. The number of piperazine rings is 1. The summed E-state index contributed by atoms with van der Waals surface area (Å²) in [5, 5.41) is 4.72. The molecule has 2 heterocycles. The van der Waals surface area contributed by atoms with E-state index in [-0.39, 0.29) is 17.6 Å². The zero-order valence-corrected chi connectivity index (χ0v) is 15.9. The molecule has 2 amide bonds. The first kappa shape index (κ1) is 19.1. The highest BCUT2D eigenvalue weighted by atomic mass is 35.5. The number of hydrogen-bond donors (Lipinski definition) is 0. The third-order valence-corrected chi connectivity index (χ3v) is 4.91. The first-order valence-electron chi connectivity index (χ1n) is 8.60. The molecule has 1 aromatic carbocycles. The fraction of sp³-hybridized carbons (Fsp3) is 0.316. The van der Waals surface area contributed by atoms with E-state index in [1.165, 1.54) is 29.8 Å². The van der Waals surface area contributed by atoms with Crippen molar-refractivity contribution in [2.45, 2.75) is 13.8 Å². The Bertz CT molecular complexity index is 884. The Balaban J connectivity index is 1.73. The molecule has 1 aliphatic rings. The Morgan fingerprint density at radius 3 is 2.30 bits per heavy atom. The quantitative estimate of drug-likeness (QED) is 0.757. The lowest BCUT2D eigenvalue weighted by atomic mass is 10.2. The van der Waals surface area contributed by atoms with Crippen molar-refractivity contribution in [3.05, 3.63) is 52.6 Å². The molecule has 0 unspecified atom stereocenters. The van der Waals surface area contributed by atoms with Crippen molar-refractivity contribution < 1.29 is 14.0 Å². The molecule has 6 nitrogen and oxygen atoms in total. The van der Waals surface area contributed by atoms with Crippen LogP contribution in [-0.4, -0.2) is 57.6 Å². The Morgan fingerprint density at radius 1 is 1.11 bits per heavy atom. The third kappa shape index (κ3) is 4.19. The Labute approximate surface area is 161 Å². The molecule has 0 spiro atoms. The molecule has 1 aliphatic heterocycles. The van der Waals surface area contributed by atoms with Gasteiger partial charge in [0.05, 0.1) is 11.4 Å². The number of rotatable bonds is 3. The number of aryl methyl sites for hydroxylation is 1. The van der Waals surface area contributed by atoms with Gasteiger partial charge in [-0.25, -0.2) is 9.07 Å². The van der Waals surface area contributed by atoms with Gasteiger partial charge in [-0.15, -0.1) is 0 Å². The number of hydrogen-bond acceptors (Lipinski definition) is 3. The highest BCUT2D eigenvalue weighted by Crippen LogP contribution is 2.25. The molecular weight excluding hydrogens is 371 g/mol. The van der Waals surface area contributed by atoms with E-state index in [9.17, 15) is 14.0 Å². The first-order chi connectivity index (χ1) is 12.9. The van der Waals surface area contributed by atoms with E-state index in [4.69, 9.17) is 11.6 Å². The van der Waals surface area contributed by atoms with Gasteiger partial charge >= 0.3 is 0 Å². The van der Waals surface area contributed by atoms with Crippen LogP contribution in [0.4, 0.5) is 4.39 Å². The lowest BCUT2D eigenvalue weighted by Crippen LogP contribution is -2.49. The predicted molar refractivity (Wildman–Crippen MR) is 101 cm³/mol. The van der Waals surface area contributed by atoms with E-state index in [1.54, 1.807) is 34.9 Å². The lowest BCUT2D eigenvalue weighted by Gasteiger charge is -2.33. The van der Waals surface area contributed by atoms with Crippen LogP contribution in [0, 0.1) is 12.7 Å². The van der Waals surface area contributed by atoms with Gasteiger partial charge in [0.15, 0.2) is 0 Å². The van der Waals surface area contributed by atoms with Crippen LogP contribution in [0.25, 0.3) is 11.8 Å². The Morgan fingerprint density at radius 2 is 1.70 bits per heavy atom. The van der Waals surface area contributed by atoms with Gasteiger partial charge in [-0.3, -0.25) is 9.59 Å². The van der Waals surface area contributed by atoms with Gasteiger partial charge < -0.3 is 9.80 Å². The van der Waals surface area contributed by atoms with Crippen LogP contribution >= 0.6 is 11.6 Å². The van der Waals surface area contributed by atoms with Crippen molar-refractivity contribution in [1.29, 1.82) is 0 Å². The molecule has 0 N–H and O–H groups in total. The minimum atomic E-state index is -0.339. The van der Waals surface area contributed by atoms with Gasteiger partial charge in [0.2, 0.25) is 11.8 Å². The average Bonchev–Trinajstić information content (AvgIpc) is 2.94. The molecule has 3 rings (SSSR count). The summed E-state index contributed by atoms with van der Waals surface area (Å²) < 4.78 is 14.6. The Kier molecular flexibility index (Phi) is 5.60. The second-order valence-corrected chi connectivity index (χ2v) is 6.70. The standard InChI is InChI=1S/C19H20ClFN4O2/c1-13-17(19(20)25(22-13)16-5-3-15(21)4-6-16)7-8-18(27)24-11-9-23(10-12-24)14(2)26/h3-8H,9-12H2,1-2H3/b8-7+. The van der Waals surface area contributed by atoms with E-state index >= 15 is 0 Å². The molecule has 1 fully saturated rings. The topological polar surface area (TPSA) is 58.4 Å². The van der Waals surface area contributed by atoms with Crippen LogP contribution in [0.15, 0.2) is 30.3 Å². The molecular formula is C19H20ClFN4O2. The summed E-state index contributed by atoms with van der Waals surface area (Å²) in [5.74, 6) is -0.453. The van der Waals surface area contributed by atoms with Crippen LogP contribution in [0.2, 0.25) is 5.15 Å². The molecule has 0 bridgehead atoms. The van der Waals surface area contributed by atoms with E-state index < -0.39 is 0 Å². The molecule has 1 saturated heterocycles. The molecule has 27 heavy (non-hydrogen) atoms. The molecule has 0 saturated carbocycles. The largest absolute Gasteiger partial charge is 0.339 e. The predicted octanol–water partition coefficient (Wildman–Crippen LogP) is 2.68. The zero-order valence-electron chi connectivity index (χ0n) is 15.2. The van der Waals surface area contributed by atoms with Crippen molar-refractivity contribution in [3.63, 3.8) is 0 Å². The lowest BCUT2D eigenvalue weighted by molar-refractivity contribution is -0.135. The van der Waals surface area contributed by atoms with E-state index in [0.717, 1.165) is 0 Å². The minimum absolute atomic E-state index is 0.0215. The molecule has 0 atom stereocenters. The van der Waals surface area contributed by atoms with Crippen LogP contribution < -0.4 is 0 Å². The number of carbonyl (C=O) groups is 2. The first-order valence-corrected chi connectivity index (χ1v) is 8.98. The zero-order chi connectivity index (χ0) is 19.6. The van der Waals surface area contributed by atoms with Crippen molar-refractivity contribution in [1.82, 2.24) is 19.6 Å².